The summed E-state index contributed by atoms with van der Waals surface area (Å²) < 4.78 is 4.88. The third-order valence-corrected chi connectivity index (χ3v) is 2.09. The zero-order valence-corrected chi connectivity index (χ0v) is 10.3. The van der Waals surface area contributed by atoms with Crippen LogP contribution in [0.5, 0.6) is 0 Å². The number of nitroso groups, excluding NO2 is 1. The van der Waals surface area contributed by atoms with Crippen LogP contribution in [0.15, 0.2) is 5.18 Å². The Kier molecular flexibility index (Phi) is 4.91. The highest BCUT2D eigenvalue weighted by Crippen LogP contribution is 2.33. The fourth-order valence-corrected chi connectivity index (χ4v) is 1.87. The molecule has 0 N–H and O–H groups in total. The van der Waals surface area contributed by atoms with Crippen LogP contribution >= 0.6 is 0 Å². The summed E-state index contributed by atoms with van der Waals surface area (Å²) in [4.78, 5) is 21.9. The van der Waals surface area contributed by atoms with E-state index in [-0.39, 0.29) is 11.4 Å². The number of esters is 1. The average Bonchev–Trinajstić information content (AvgIpc) is 2.01. The highest BCUT2D eigenvalue weighted by Gasteiger charge is 2.31. The number of hydrogen-bond donors (Lipinski definition) is 0. The van der Waals surface area contributed by atoms with Crippen molar-refractivity contribution in [2.45, 2.75) is 53.0 Å². The minimum Gasteiger partial charge on any atom is -0.466 e. The summed E-state index contributed by atoms with van der Waals surface area (Å²) >= 11 is 0. The molecule has 0 aliphatic rings. The van der Waals surface area contributed by atoms with Crippen molar-refractivity contribution in [3.8, 4) is 0 Å². The maximum absolute atomic E-state index is 11.3. The lowest BCUT2D eigenvalue weighted by molar-refractivity contribution is -0.145. The van der Waals surface area contributed by atoms with Crippen molar-refractivity contribution in [2.24, 2.45) is 10.6 Å². The maximum atomic E-state index is 11.3. The zero-order valence-electron chi connectivity index (χ0n) is 10.3. The molecule has 0 aromatic rings. The third-order valence-electron chi connectivity index (χ3n) is 2.09. The van der Waals surface area contributed by atoms with E-state index in [2.05, 4.69) is 5.18 Å². The fraction of sp³-hybridized carbons (Fsp3) is 0.909. The van der Waals surface area contributed by atoms with Crippen LogP contribution < -0.4 is 0 Å². The third kappa shape index (κ3) is 6.20. The molecule has 0 aromatic carbocycles. The van der Waals surface area contributed by atoms with E-state index in [4.69, 9.17) is 4.74 Å². The van der Waals surface area contributed by atoms with Crippen molar-refractivity contribution in [1.82, 2.24) is 0 Å². The number of carbonyl (C=O) groups is 1. The van der Waals surface area contributed by atoms with Crippen molar-refractivity contribution in [3.63, 3.8) is 0 Å². The van der Waals surface area contributed by atoms with Crippen molar-refractivity contribution in [2.75, 3.05) is 6.61 Å². The predicted octanol–water partition coefficient (Wildman–Crippen LogP) is 2.90. The normalized spacial score (nSPS) is 12.3. The molecule has 88 valence electrons. The second kappa shape index (κ2) is 5.24. The molecule has 0 fully saturated rings. The maximum Gasteiger partial charge on any atom is 0.306 e. The number of carbonyl (C=O) groups excluding carboxylic acids is 1. The van der Waals surface area contributed by atoms with Gasteiger partial charge < -0.3 is 4.74 Å². The van der Waals surface area contributed by atoms with Crippen LogP contribution in [0, 0.1) is 10.3 Å². The van der Waals surface area contributed by atoms with Gasteiger partial charge in [0.15, 0.2) is 0 Å². The second-order valence-corrected chi connectivity index (χ2v) is 5.23. The molecule has 0 aromatic heterocycles. The van der Waals surface area contributed by atoms with E-state index in [0.29, 0.717) is 19.4 Å². The van der Waals surface area contributed by atoms with Gasteiger partial charge in [-0.2, -0.15) is 4.91 Å². The lowest BCUT2D eigenvalue weighted by atomic mass is 9.78. The van der Waals surface area contributed by atoms with Gasteiger partial charge in [0.2, 0.25) is 0 Å². The molecule has 0 bridgehead atoms. The molecule has 0 unspecified atom stereocenters. The van der Waals surface area contributed by atoms with Gasteiger partial charge in [-0.25, -0.2) is 0 Å². The summed E-state index contributed by atoms with van der Waals surface area (Å²) in [5, 5.41) is 3.06. The van der Waals surface area contributed by atoms with Gasteiger partial charge in [-0.3, -0.25) is 4.79 Å². The smallest absolute Gasteiger partial charge is 0.306 e. The fourth-order valence-electron chi connectivity index (χ4n) is 1.87. The van der Waals surface area contributed by atoms with Gasteiger partial charge in [-0.05, 0) is 32.6 Å². The highest BCUT2D eigenvalue weighted by atomic mass is 16.5. The molecule has 0 saturated heterocycles. The van der Waals surface area contributed by atoms with Crippen molar-refractivity contribution >= 4 is 5.97 Å². The molecule has 15 heavy (non-hydrogen) atoms. The van der Waals surface area contributed by atoms with Crippen LogP contribution in [0.4, 0.5) is 0 Å². The molecular formula is C11H21NO3. The van der Waals surface area contributed by atoms with Crippen LogP contribution in [-0.2, 0) is 9.53 Å². The van der Waals surface area contributed by atoms with E-state index in [0.717, 1.165) is 0 Å². The summed E-state index contributed by atoms with van der Waals surface area (Å²) in [5.74, 6) is -0.218. The molecule has 4 heteroatoms. The molecule has 0 spiro atoms. The van der Waals surface area contributed by atoms with Gasteiger partial charge in [0.25, 0.3) is 0 Å². The molecule has 4 nitrogen and oxygen atoms in total. The van der Waals surface area contributed by atoms with E-state index in [1.54, 1.807) is 20.8 Å². The topological polar surface area (TPSA) is 55.7 Å². The Hall–Kier alpha value is -0.930. The minimum absolute atomic E-state index is 0.218. The SMILES string of the molecule is CCOC(=O)CC(C)(C)CC(C)(C)N=O. The van der Waals surface area contributed by atoms with Crippen LogP contribution in [0.1, 0.15) is 47.5 Å². The van der Waals surface area contributed by atoms with E-state index in [1.807, 2.05) is 13.8 Å². The Labute approximate surface area is 91.4 Å². The Morgan fingerprint density at radius 1 is 1.27 bits per heavy atom. The monoisotopic (exact) mass is 215 g/mol. The van der Waals surface area contributed by atoms with E-state index in [9.17, 15) is 9.70 Å². The first-order chi connectivity index (χ1) is 6.72. The minimum atomic E-state index is -0.629. The van der Waals surface area contributed by atoms with Crippen molar-refractivity contribution in [1.29, 1.82) is 0 Å². The van der Waals surface area contributed by atoms with E-state index in [1.165, 1.54) is 0 Å². The first kappa shape index (κ1) is 14.1. The number of ether oxygens (including phenoxy) is 1. The standard InChI is InChI=1S/C11H21NO3/c1-6-15-9(13)7-10(2,3)8-11(4,5)12-14/h6-8H2,1-5H3. The highest BCUT2D eigenvalue weighted by molar-refractivity contribution is 5.70. The number of hydrogen-bond acceptors (Lipinski definition) is 4. The molecule has 0 heterocycles. The summed E-state index contributed by atoms with van der Waals surface area (Å²) in [6.45, 7) is 9.60. The van der Waals surface area contributed by atoms with Crippen LogP contribution in [0.2, 0.25) is 0 Å². The quantitative estimate of drug-likeness (QED) is 0.505. The van der Waals surface area contributed by atoms with Gasteiger partial charge >= 0.3 is 5.97 Å². The molecule has 0 atom stereocenters. The summed E-state index contributed by atoms with van der Waals surface area (Å²) in [7, 11) is 0. The molecule has 0 aliphatic heterocycles. The first-order valence-corrected chi connectivity index (χ1v) is 5.22. The summed E-state index contributed by atoms with van der Waals surface area (Å²) in [5.41, 5.74) is -0.889. The number of nitrogens with zero attached hydrogens (tertiary/aromatic N) is 1. The molecule has 0 amide bonds. The van der Waals surface area contributed by atoms with Gasteiger partial charge in [0.1, 0.15) is 0 Å². The lowest BCUT2D eigenvalue weighted by Gasteiger charge is -2.29. The molecule has 0 saturated carbocycles. The Balaban J connectivity index is 4.30. The predicted molar refractivity (Wildman–Crippen MR) is 59.5 cm³/mol. The van der Waals surface area contributed by atoms with E-state index >= 15 is 0 Å². The first-order valence-electron chi connectivity index (χ1n) is 5.22. The largest absolute Gasteiger partial charge is 0.466 e. The van der Waals surface area contributed by atoms with Gasteiger partial charge in [0.05, 0.1) is 18.6 Å². The van der Waals surface area contributed by atoms with Crippen molar-refractivity contribution in [3.05, 3.63) is 4.91 Å². The zero-order chi connectivity index (χ0) is 12.1. The molecular weight excluding hydrogens is 194 g/mol. The van der Waals surface area contributed by atoms with Gasteiger partial charge in [-0.1, -0.05) is 19.0 Å². The average molecular weight is 215 g/mol. The lowest BCUT2D eigenvalue weighted by Crippen LogP contribution is -2.29. The summed E-state index contributed by atoms with van der Waals surface area (Å²) in [6.07, 6.45) is 0.891. The second-order valence-electron chi connectivity index (χ2n) is 5.23. The van der Waals surface area contributed by atoms with Gasteiger partial charge in [-0.15, -0.1) is 0 Å². The Bertz CT molecular complexity index is 234. The Morgan fingerprint density at radius 3 is 2.20 bits per heavy atom. The van der Waals surface area contributed by atoms with Crippen molar-refractivity contribution < 1.29 is 9.53 Å². The molecule has 0 rings (SSSR count). The number of rotatable bonds is 6. The van der Waals surface area contributed by atoms with Crippen LogP contribution in [0.3, 0.4) is 0 Å². The molecule has 0 aliphatic carbocycles. The summed E-state index contributed by atoms with van der Waals surface area (Å²) in [6, 6.07) is 0. The Morgan fingerprint density at radius 2 is 1.80 bits per heavy atom. The van der Waals surface area contributed by atoms with Crippen LogP contribution in [0.25, 0.3) is 0 Å². The van der Waals surface area contributed by atoms with Crippen LogP contribution in [-0.4, -0.2) is 18.1 Å². The molecule has 0 radical (unpaired) electrons. The van der Waals surface area contributed by atoms with E-state index < -0.39 is 5.54 Å². The van der Waals surface area contributed by atoms with Gasteiger partial charge in [0, 0.05) is 0 Å².